The maximum absolute atomic E-state index is 12.3. The average molecular weight is 640 g/mol. The second-order valence-corrected chi connectivity index (χ2v) is 12.2. The largest absolute Gasteiger partial charge is 0.459 e. The third-order valence-corrected chi connectivity index (χ3v) is 8.07. The van der Waals surface area contributed by atoms with E-state index in [1.807, 2.05) is 6.92 Å². The number of pyridine rings is 1. The summed E-state index contributed by atoms with van der Waals surface area (Å²) >= 11 is 0. The molecular formula is C33H45N5O8. The van der Waals surface area contributed by atoms with Crippen LogP contribution in [-0.4, -0.2) is 87.3 Å². The van der Waals surface area contributed by atoms with Crippen molar-refractivity contribution in [1.29, 1.82) is 0 Å². The molecule has 0 radical (unpaired) electrons. The number of hydrogen-bond donors (Lipinski definition) is 1. The van der Waals surface area contributed by atoms with Crippen molar-refractivity contribution in [2.24, 2.45) is 5.92 Å². The third kappa shape index (κ3) is 10.6. The van der Waals surface area contributed by atoms with Crippen LogP contribution in [0.4, 0.5) is 0 Å². The summed E-state index contributed by atoms with van der Waals surface area (Å²) in [6.07, 6.45) is 14.4. The molecule has 1 spiro atoms. The maximum atomic E-state index is 12.3. The van der Waals surface area contributed by atoms with Gasteiger partial charge in [0.15, 0.2) is 0 Å². The Balaban J connectivity index is 0.000000305. The van der Waals surface area contributed by atoms with Crippen molar-refractivity contribution in [3.63, 3.8) is 0 Å². The number of nitrogens with one attached hydrogen (secondary N) is 1. The fourth-order valence-electron chi connectivity index (χ4n) is 5.44. The van der Waals surface area contributed by atoms with Gasteiger partial charge in [0.05, 0.1) is 43.2 Å². The second-order valence-electron chi connectivity index (χ2n) is 12.2. The highest BCUT2D eigenvalue weighted by Crippen LogP contribution is 2.39. The first-order chi connectivity index (χ1) is 21.9. The lowest BCUT2D eigenvalue weighted by molar-refractivity contribution is -0.144. The molecule has 3 aliphatic rings. The van der Waals surface area contributed by atoms with Gasteiger partial charge in [-0.15, -0.1) is 5.10 Å². The minimum atomic E-state index is -0.461. The van der Waals surface area contributed by atoms with E-state index < -0.39 is 12.1 Å². The van der Waals surface area contributed by atoms with Gasteiger partial charge in [-0.25, -0.2) is 9.78 Å². The first-order valence-electron chi connectivity index (χ1n) is 15.7. The molecule has 46 heavy (non-hydrogen) atoms. The van der Waals surface area contributed by atoms with Crippen LogP contribution in [0.25, 0.3) is 11.2 Å². The minimum absolute atomic E-state index is 0.0529. The van der Waals surface area contributed by atoms with Crippen LogP contribution in [0.3, 0.4) is 0 Å². The Morgan fingerprint density at radius 1 is 1.20 bits per heavy atom. The number of carbonyl (C=O) groups is 3. The Morgan fingerprint density at radius 3 is 2.70 bits per heavy atom. The molecule has 0 saturated carbocycles. The zero-order valence-electron chi connectivity index (χ0n) is 27.4. The van der Waals surface area contributed by atoms with Gasteiger partial charge < -0.3 is 29.1 Å². The molecule has 13 heteroatoms. The van der Waals surface area contributed by atoms with Gasteiger partial charge in [-0.3, -0.25) is 9.59 Å². The van der Waals surface area contributed by atoms with Crippen molar-refractivity contribution >= 4 is 29.0 Å². The van der Waals surface area contributed by atoms with Gasteiger partial charge in [-0.1, -0.05) is 30.7 Å². The molecule has 5 rings (SSSR count). The van der Waals surface area contributed by atoms with E-state index in [4.69, 9.17) is 23.8 Å². The Hall–Kier alpha value is -3.94. The molecule has 3 aliphatic heterocycles. The first-order valence-corrected chi connectivity index (χ1v) is 15.7. The Labute approximate surface area is 269 Å². The van der Waals surface area contributed by atoms with Crippen LogP contribution in [0, 0.1) is 5.92 Å². The quantitative estimate of drug-likeness (QED) is 0.141. The van der Waals surface area contributed by atoms with Crippen molar-refractivity contribution < 1.29 is 38.2 Å². The van der Waals surface area contributed by atoms with Gasteiger partial charge in [0.2, 0.25) is 11.6 Å². The number of carbonyl (C=O) groups excluding carboxylic acids is 3. The van der Waals surface area contributed by atoms with Crippen LogP contribution in [-0.2, 0) is 33.3 Å². The van der Waals surface area contributed by atoms with Crippen molar-refractivity contribution in [1.82, 2.24) is 25.5 Å². The number of fused-ring (bicyclic) bond motifs is 1. The summed E-state index contributed by atoms with van der Waals surface area (Å²) < 4.78 is 22.7. The molecule has 250 valence electrons. The molecule has 13 nitrogen and oxygen atoms in total. The molecule has 3 saturated heterocycles. The van der Waals surface area contributed by atoms with E-state index in [0.717, 1.165) is 43.7 Å². The summed E-state index contributed by atoms with van der Waals surface area (Å²) in [6, 6.07) is 3.41. The van der Waals surface area contributed by atoms with Gasteiger partial charge in [0.1, 0.15) is 11.6 Å². The molecule has 7 unspecified atom stereocenters. The highest BCUT2D eigenvalue weighted by atomic mass is 16.7. The zero-order chi connectivity index (χ0) is 33.3. The van der Waals surface area contributed by atoms with E-state index in [-0.39, 0.29) is 41.8 Å². The average Bonchev–Trinajstić information content (AvgIpc) is 3.62. The van der Waals surface area contributed by atoms with Crippen molar-refractivity contribution in [3.05, 3.63) is 54.3 Å². The number of esters is 1. The fourth-order valence-corrected chi connectivity index (χ4v) is 5.44. The first kappa shape index (κ1) is 34.9. The number of rotatable bonds is 9. The summed E-state index contributed by atoms with van der Waals surface area (Å²) in [7, 11) is 0. The number of nitrogens with zero attached hydrogens (tertiary/aromatic N) is 4. The SMILES string of the molecule is CC(=O)OC(C)/C=C\C(=O)NC1CC(C)C(C/C=C(C)/C=C/C2CC3(CCO2)CO3)OC1C.CC(=O)On1nnc2cccnc21. The number of ether oxygens (including phenoxy) is 4. The summed E-state index contributed by atoms with van der Waals surface area (Å²) in [5.41, 5.74) is 2.30. The van der Waals surface area contributed by atoms with Gasteiger partial charge in [-0.2, -0.15) is 0 Å². The fraction of sp³-hybridized carbons (Fsp3) is 0.576. The van der Waals surface area contributed by atoms with E-state index in [1.54, 1.807) is 31.3 Å². The van der Waals surface area contributed by atoms with Crippen molar-refractivity contribution in [3.8, 4) is 0 Å². The Bertz CT molecular complexity index is 1450. The Morgan fingerprint density at radius 2 is 1.98 bits per heavy atom. The van der Waals surface area contributed by atoms with Crippen LogP contribution in [0.5, 0.6) is 0 Å². The predicted octanol–water partition coefficient (Wildman–Crippen LogP) is 3.43. The number of amides is 1. The maximum Gasteiger partial charge on any atom is 0.332 e. The topological polar surface area (TPSA) is 156 Å². The lowest BCUT2D eigenvalue weighted by atomic mass is 9.88. The van der Waals surface area contributed by atoms with Crippen LogP contribution in [0.2, 0.25) is 0 Å². The van der Waals surface area contributed by atoms with Crippen LogP contribution < -0.4 is 10.2 Å². The number of aromatic nitrogens is 4. The monoisotopic (exact) mass is 639 g/mol. The third-order valence-electron chi connectivity index (χ3n) is 8.07. The molecule has 0 aliphatic carbocycles. The summed E-state index contributed by atoms with van der Waals surface area (Å²) in [6.45, 7) is 12.3. The van der Waals surface area contributed by atoms with Gasteiger partial charge in [0.25, 0.3) is 0 Å². The lowest BCUT2D eigenvalue weighted by Crippen LogP contribution is -2.50. The highest BCUT2D eigenvalue weighted by molar-refractivity contribution is 5.87. The molecule has 1 N–H and O–H groups in total. The van der Waals surface area contributed by atoms with E-state index in [1.165, 1.54) is 25.5 Å². The molecule has 0 bridgehead atoms. The predicted molar refractivity (Wildman–Crippen MR) is 168 cm³/mol. The summed E-state index contributed by atoms with van der Waals surface area (Å²) in [5.74, 6) is -0.719. The van der Waals surface area contributed by atoms with E-state index in [2.05, 4.69) is 52.7 Å². The molecule has 1 amide bonds. The lowest BCUT2D eigenvalue weighted by Gasteiger charge is -2.39. The summed E-state index contributed by atoms with van der Waals surface area (Å²) in [4.78, 5) is 43.5. The molecule has 0 aromatic carbocycles. The van der Waals surface area contributed by atoms with Crippen molar-refractivity contribution in [2.45, 2.75) is 103 Å². The number of epoxide rings is 1. The van der Waals surface area contributed by atoms with E-state index in [0.29, 0.717) is 17.1 Å². The highest BCUT2D eigenvalue weighted by Gasteiger charge is 2.48. The molecule has 3 fully saturated rings. The standard InChI is InChI=1S/C26H39NO6.C7H6N4O2/c1-17(6-9-22-15-26(16-31-26)12-13-30-22)7-10-24-18(2)14-23(20(4)33-24)27-25(29)11-8-19(3)32-21(5)28;1-5(12)13-11-7-6(9-10-11)3-2-4-8-7/h6-9,11,18-20,22-24H,10,12-16H2,1-5H3,(H,27,29);2-4H,1H3/b9-6+,11-8-,17-7+;. The normalized spacial score (nSPS) is 28.5. The van der Waals surface area contributed by atoms with Crippen LogP contribution in [0.1, 0.15) is 67.2 Å². The zero-order valence-corrected chi connectivity index (χ0v) is 27.4. The minimum Gasteiger partial charge on any atom is -0.459 e. The summed E-state index contributed by atoms with van der Waals surface area (Å²) in [5, 5.41) is 10.4. The van der Waals surface area contributed by atoms with Crippen LogP contribution >= 0.6 is 0 Å². The number of allylic oxidation sites excluding steroid dienone is 2. The van der Waals surface area contributed by atoms with Gasteiger partial charge in [-0.05, 0) is 67.8 Å². The smallest absolute Gasteiger partial charge is 0.332 e. The van der Waals surface area contributed by atoms with Gasteiger partial charge in [0, 0.05) is 39.0 Å². The molecule has 2 aromatic rings. The second kappa shape index (κ2) is 16.1. The molecule has 5 heterocycles. The number of hydrogen-bond acceptors (Lipinski definition) is 11. The van der Waals surface area contributed by atoms with E-state index >= 15 is 0 Å². The van der Waals surface area contributed by atoms with Crippen molar-refractivity contribution in [2.75, 3.05) is 13.2 Å². The molecular weight excluding hydrogens is 594 g/mol. The molecule has 2 aromatic heterocycles. The molecule has 7 atom stereocenters. The van der Waals surface area contributed by atoms with Crippen LogP contribution in [0.15, 0.2) is 54.3 Å². The van der Waals surface area contributed by atoms with Gasteiger partial charge >= 0.3 is 11.9 Å². The Kier molecular flexibility index (Phi) is 12.2. The van der Waals surface area contributed by atoms with E-state index in [9.17, 15) is 14.4 Å².